The Morgan fingerprint density at radius 2 is 2.05 bits per heavy atom. The van der Waals surface area contributed by atoms with Gasteiger partial charge in [-0.2, -0.15) is 0 Å². The summed E-state index contributed by atoms with van der Waals surface area (Å²) in [5.41, 5.74) is 0.727. The Bertz CT molecular complexity index is 490. The van der Waals surface area contributed by atoms with Crippen molar-refractivity contribution in [2.75, 3.05) is 6.54 Å². The number of aliphatic carboxylic acids is 1. The van der Waals surface area contributed by atoms with E-state index in [1.54, 1.807) is 30.3 Å². The highest BCUT2D eigenvalue weighted by Crippen LogP contribution is 2.00. The molecular weight excluding hydrogens is 270 g/mol. The van der Waals surface area contributed by atoms with Crippen molar-refractivity contribution in [2.45, 2.75) is 12.6 Å². The standard InChI is InChI=1S/C11H13N3O6/c15-10(16)9(6-14(19)13-18)12-11(17)20-7-8-4-2-1-3-5-8/h1-5,9,18H,6-7H2,(H,12,17)(H,15,16)/b14-13-/t9-/m0/s1. The van der Waals surface area contributed by atoms with Crippen molar-refractivity contribution in [3.63, 3.8) is 0 Å². The maximum atomic E-state index is 11.4. The molecule has 0 saturated heterocycles. The van der Waals surface area contributed by atoms with E-state index in [1.165, 1.54) is 0 Å². The van der Waals surface area contributed by atoms with Crippen LogP contribution >= 0.6 is 0 Å². The van der Waals surface area contributed by atoms with E-state index in [-0.39, 0.29) is 11.5 Å². The van der Waals surface area contributed by atoms with Gasteiger partial charge in [-0.25, -0.2) is 9.59 Å². The Kier molecular flexibility index (Phi) is 5.75. The Morgan fingerprint density at radius 1 is 1.40 bits per heavy atom. The van der Waals surface area contributed by atoms with Crippen LogP contribution in [0.1, 0.15) is 5.56 Å². The molecule has 9 heteroatoms. The maximum Gasteiger partial charge on any atom is 0.408 e. The first-order chi connectivity index (χ1) is 9.52. The van der Waals surface area contributed by atoms with E-state index in [1.807, 2.05) is 5.32 Å². The number of carbonyl (C=O) groups excluding carboxylic acids is 1. The van der Waals surface area contributed by atoms with Crippen molar-refractivity contribution >= 4 is 12.1 Å². The predicted molar refractivity (Wildman–Crippen MR) is 63.9 cm³/mol. The summed E-state index contributed by atoms with van der Waals surface area (Å²) < 4.78 is 4.80. The third kappa shape index (κ3) is 5.21. The lowest BCUT2D eigenvalue weighted by Crippen LogP contribution is -2.45. The molecule has 108 valence electrons. The Hall–Kier alpha value is -2.84. The van der Waals surface area contributed by atoms with Crippen molar-refractivity contribution in [1.29, 1.82) is 0 Å². The van der Waals surface area contributed by atoms with Gasteiger partial charge in [-0.3, -0.25) is 0 Å². The van der Waals surface area contributed by atoms with Gasteiger partial charge in [-0.05, 0) is 5.56 Å². The molecule has 0 aliphatic rings. The van der Waals surface area contributed by atoms with Crippen LogP contribution in [0.15, 0.2) is 35.6 Å². The molecule has 0 aromatic heterocycles. The largest absolute Gasteiger partial charge is 0.597 e. The topological polar surface area (TPSA) is 134 Å². The third-order valence-electron chi connectivity index (χ3n) is 2.24. The zero-order valence-electron chi connectivity index (χ0n) is 10.3. The van der Waals surface area contributed by atoms with Crippen molar-refractivity contribution in [2.24, 2.45) is 5.28 Å². The third-order valence-corrected chi connectivity index (χ3v) is 2.24. The number of nitrogens with one attached hydrogen (secondary N) is 1. The van der Waals surface area contributed by atoms with E-state index < -0.39 is 24.6 Å². The number of carboxylic acids is 1. The molecular formula is C11H13N3O6. The Labute approximate surface area is 113 Å². The monoisotopic (exact) mass is 283 g/mol. The van der Waals surface area contributed by atoms with Gasteiger partial charge in [0.05, 0.1) is 0 Å². The summed E-state index contributed by atoms with van der Waals surface area (Å²) in [6.07, 6.45) is -0.993. The molecule has 0 bridgehead atoms. The predicted octanol–water partition coefficient (Wildman–Crippen LogP) is 0.718. The highest BCUT2D eigenvalue weighted by molar-refractivity contribution is 5.79. The number of carbonyl (C=O) groups is 2. The second kappa shape index (κ2) is 7.56. The zero-order chi connectivity index (χ0) is 15.0. The number of hydroxylamine groups is 1. The SMILES string of the molecule is O=C(N[C@@H](C/[N+]([O-])=N/O)C(=O)O)OCc1ccccc1. The molecule has 0 unspecified atom stereocenters. The molecule has 0 aliphatic carbocycles. The summed E-state index contributed by atoms with van der Waals surface area (Å²) in [6, 6.07) is 7.22. The number of alkyl carbamates (subject to hydrolysis) is 1. The molecule has 0 aliphatic heterocycles. The normalized spacial score (nSPS) is 12.5. The second-order valence-electron chi connectivity index (χ2n) is 3.72. The summed E-state index contributed by atoms with van der Waals surface area (Å²) in [6.45, 7) is -0.781. The van der Waals surface area contributed by atoms with Crippen LogP contribution in [0.5, 0.6) is 0 Å². The molecule has 0 spiro atoms. The highest BCUT2D eigenvalue weighted by atomic mass is 16.6. The van der Waals surface area contributed by atoms with Crippen molar-refractivity contribution in [1.82, 2.24) is 5.32 Å². The first-order valence-electron chi connectivity index (χ1n) is 5.52. The van der Waals surface area contributed by atoms with Crippen LogP contribution in [-0.2, 0) is 16.1 Å². The summed E-state index contributed by atoms with van der Waals surface area (Å²) >= 11 is 0. The molecule has 1 rings (SSSR count). The molecule has 9 nitrogen and oxygen atoms in total. The summed E-state index contributed by atoms with van der Waals surface area (Å²) in [5.74, 6) is -1.45. The van der Waals surface area contributed by atoms with Gasteiger partial charge < -0.3 is 25.6 Å². The van der Waals surface area contributed by atoms with Crippen LogP contribution in [0.4, 0.5) is 4.79 Å². The fraction of sp³-hybridized carbons (Fsp3) is 0.273. The molecule has 0 fully saturated rings. The van der Waals surface area contributed by atoms with E-state index in [4.69, 9.17) is 15.1 Å². The lowest BCUT2D eigenvalue weighted by Gasteiger charge is -2.12. The van der Waals surface area contributed by atoms with E-state index >= 15 is 0 Å². The second-order valence-corrected chi connectivity index (χ2v) is 3.72. The van der Waals surface area contributed by atoms with E-state index in [9.17, 15) is 14.8 Å². The van der Waals surface area contributed by atoms with Gasteiger partial charge in [-0.1, -0.05) is 35.2 Å². The number of rotatable bonds is 6. The molecule has 1 aromatic rings. The molecule has 1 amide bonds. The van der Waals surface area contributed by atoms with E-state index in [0.29, 0.717) is 0 Å². The quantitative estimate of drug-likeness (QED) is 0.400. The van der Waals surface area contributed by atoms with E-state index in [2.05, 4.69) is 5.28 Å². The molecule has 3 N–H and O–H groups in total. The molecule has 0 radical (unpaired) electrons. The smallest absolute Gasteiger partial charge is 0.408 e. The summed E-state index contributed by atoms with van der Waals surface area (Å²) in [5, 5.41) is 31.9. The Balaban J connectivity index is 2.48. The van der Waals surface area contributed by atoms with Crippen molar-refractivity contribution in [3.05, 3.63) is 41.1 Å². The van der Waals surface area contributed by atoms with Gasteiger partial charge in [0.1, 0.15) is 6.61 Å². The molecule has 1 atom stereocenters. The van der Waals surface area contributed by atoms with Gasteiger partial charge in [0, 0.05) is 0 Å². The van der Waals surface area contributed by atoms with E-state index in [0.717, 1.165) is 5.56 Å². The first-order valence-corrected chi connectivity index (χ1v) is 5.52. The number of ether oxygens (including phenoxy) is 1. The number of hydrogen-bond donors (Lipinski definition) is 3. The number of hydrogen-bond acceptors (Lipinski definition) is 5. The van der Waals surface area contributed by atoms with Gasteiger partial charge >= 0.3 is 12.1 Å². The fourth-order valence-corrected chi connectivity index (χ4v) is 1.29. The zero-order valence-corrected chi connectivity index (χ0v) is 10.3. The Morgan fingerprint density at radius 3 is 2.60 bits per heavy atom. The lowest BCUT2D eigenvalue weighted by molar-refractivity contribution is -0.556. The number of nitrogens with zero attached hydrogens (tertiary/aromatic N) is 2. The summed E-state index contributed by atoms with van der Waals surface area (Å²) in [4.78, 5) is 21.9. The van der Waals surface area contributed by atoms with Crippen LogP contribution in [-0.4, -0.2) is 39.8 Å². The van der Waals surface area contributed by atoms with Crippen LogP contribution in [0.25, 0.3) is 0 Å². The summed E-state index contributed by atoms with van der Waals surface area (Å²) in [7, 11) is 0. The average molecular weight is 283 g/mol. The van der Waals surface area contributed by atoms with Crippen molar-refractivity contribution < 1.29 is 29.5 Å². The van der Waals surface area contributed by atoms with Crippen LogP contribution < -0.4 is 5.32 Å². The highest BCUT2D eigenvalue weighted by Gasteiger charge is 2.25. The molecule has 0 heterocycles. The van der Waals surface area contributed by atoms with Crippen LogP contribution in [0.3, 0.4) is 0 Å². The van der Waals surface area contributed by atoms with Gasteiger partial charge in [-0.15, -0.1) is 0 Å². The minimum Gasteiger partial charge on any atom is -0.597 e. The average Bonchev–Trinajstić information content (AvgIpc) is 2.45. The van der Waals surface area contributed by atoms with Crippen LogP contribution in [0.2, 0.25) is 0 Å². The lowest BCUT2D eigenvalue weighted by atomic mass is 10.2. The first kappa shape index (κ1) is 15.2. The minimum absolute atomic E-state index is 0.0372. The maximum absolute atomic E-state index is 11.4. The number of amides is 1. The van der Waals surface area contributed by atoms with Gasteiger partial charge in [0.15, 0.2) is 11.3 Å². The van der Waals surface area contributed by atoms with Gasteiger partial charge in [0.2, 0.25) is 6.54 Å². The van der Waals surface area contributed by atoms with Crippen LogP contribution in [0, 0.1) is 5.21 Å². The molecule has 1 aromatic carbocycles. The number of carboxylic acid groups (broad SMARTS) is 1. The minimum atomic E-state index is -1.55. The van der Waals surface area contributed by atoms with Crippen molar-refractivity contribution in [3.8, 4) is 0 Å². The molecule has 0 saturated carbocycles. The molecule has 20 heavy (non-hydrogen) atoms. The van der Waals surface area contributed by atoms with Gasteiger partial charge in [0.25, 0.3) is 0 Å². The number of benzene rings is 1. The fourth-order valence-electron chi connectivity index (χ4n) is 1.29.